The second-order valence-corrected chi connectivity index (χ2v) is 7.92. The predicted molar refractivity (Wildman–Crippen MR) is 101 cm³/mol. The summed E-state index contributed by atoms with van der Waals surface area (Å²) in [5.41, 5.74) is 4.87. The molecule has 0 spiro atoms. The number of nitrogens with zero attached hydrogens (tertiary/aromatic N) is 4. The van der Waals surface area contributed by atoms with E-state index >= 15 is 0 Å². The molecule has 0 unspecified atom stereocenters. The SMILES string of the molecule is CN(Cc1ccc2nonc2c1)Cc1ccc2n(c1=O)C[C@@H]1CNC[C@H]2C1. The first-order chi connectivity index (χ1) is 13.2. The van der Waals surface area contributed by atoms with Gasteiger partial charge in [-0.2, -0.15) is 0 Å². The highest BCUT2D eigenvalue weighted by Crippen LogP contribution is 2.31. The average molecular weight is 365 g/mol. The maximum atomic E-state index is 13.1. The third kappa shape index (κ3) is 3.07. The molecule has 0 amide bonds. The van der Waals surface area contributed by atoms with Gasteiger partial charge in [0.1, 0.15) is 11.0 Å². The normalized spacial score (nSPS) is 21.6. The second-order valence-electron chi connectivity index (χ2n) is 7.92. The first kappa shape index (κ1) is 16.6. The van der Waals surface area contributed by atoms with Gasteiger partial charge in [0.05, 0.1) is 0 Å². The van der Waals surface area contributed by atoms with Gasteiger partial charge in [0.25, 0.3) is 5.56 Å². The fourth-order valence-electron chi connectivity index (χ4n) is 4.54. The Morgan fingerprint density at radius 1 is 1.19 bits per heavy atom. The number of rotatable bonds is 4. The third-order valence-corrected chi connectivity index (χ3v) is 5.80. The van der Waals surface area contributed by atoms with Crippen LogP contribution in [0.15, 0.2) is 39.8 Å². The van der Waals surface area contributed by atoms with Crippen LogP contribution in [0.25, 0.3) is 11.0 Å². The molecule has 0 radical (unpaired) electrons. The van der Waals surface area contributed by atoms with Crippen molar-refractivity contribution in [3.8, 4) is 0 Å². The molecule has 3 aromatic rings. The van der Waals surface area contributed by atoms with Gasteiger partial charge < -0.3 is 9.88 Å². The van der Waals surface area contributed by atoms with Crippen LogP contribution in [0.5, 0.6) is 0 Å². The molecule has 0 aliphatic carbocycles. The van der Waals surface area contributed by atoms with Crippen molar-refractivity contribution in [3.63, 3.8) is 0 Å². The first-order valence-corrected chi connectivity index (χ1v) is 9.50. The standard InChI is InChI=1S/C20H23N5O2/c1-24(10-13-2-4-17-18(7-13)23-27-22-17)12-15-3-5-19-16-6-14(8-21-9-16)11-25(19)20(15)26/h2-5,7,14,16,21H,6,8-12H2,1H3/t14-,16+/m0/s1. The van der Waals surface area contributed by atoms with Crippen LogP contribution >= 0.6 is 0 Å². The minimum Gasteiger partial charge on any atom is -0.316 e. The van der Waals surface area contributed by atoms with Crippen molar-refractivity contribution in [2.45, 2.75) is 32.0 Å². The zero-order valence-corrected chi connectivity index (χ0v) is 15.4. The molecule has 5 rings (SSSR count). The number of piperidine rings is 1. The maximum Gasteiger partial charge on any atom is 0.255 e. The molecule has 7 nitrogen and oxygen atoms in total. The molecule has 1 fully saturated rings. The highest BCUT2D eigenvalue weighted by molar-refractivity contribution is 5.73. The monoisotopic (exact) mass is 365 g/mol. The van der Waals surface area contributed by atoms with Crippen LogP contribution in [0.4, 0.5) is 0 Å². The molecular weight excluding hydrogens is 342 g/mol. The summed E-state index contributed by atoms with van der Waals surface area (Å²) in [4.78, 5) is 15.2. The van der Waals surface area contributed by atoms with Crippen LogP contribution in [0.3, 0.4) is 0 Å². The topological polar surface area (TPSA) is 76.2 Å². The number of nitrogens with one attached hydrogen (secondary N) is 1. The van der Waals surface area contributed by atoms with E-state index in [1.165, 1.54) is 12.1 Å². The molecule has 7 heteroatoms. The van der Waals surface area contributed by atoms with Gasteiger partial charge in [0, 0.05) is 43.4 Å². The maximum absolute atomic E-state index is 13.1. The van der Waals surface area contributed by atoms with Gasteiger partial charge in [-0.15, -0.1) is 0 Å². The van der Waals surface area contributed by atoms with Crippen molar-refractivity contribution in [1.82, 2.24) is 25.1 Å². The molecule has 2 aliphatic rings. The Balaban J connectivity index is 1.36. The Morgan fingerprint density at radius 3 is 3.00 bits per heavy atom. The highest BCUT2D eigenvalue weighted by atomic mass is 16.6. The number of hydrogen-bond acceptors (Lipinski definition) is 6. The Morgan fingerprint density at radius 2 is 2.07 bits per heavy atom. The number of fused-ring (bicyclic) bond motifs is 5. The minimum absolute atomic E-state index is 0.173. The largest absolute Gasteiger partial charge is 0.316 e. The molecule has 140 valence electrons. The van der Waals surface area contributed by atoms with Crippen molar-refractivity contribution < 1.29 is 4.63 Å². The van der Waals surface area contributed by atoms with E-state index < -0.39 is 0 Å². The quantitative estimate of drug-likeness (QED) is 0.759. The Labute approximate surface area is 156 Å². The van der Waals surface area contributed by atoms with Crippen molar-refractivity contribution >= 4 is 11.0 Å². The van der Waals surface area contributed by atoms with Gasteiger partial charge in [-0.05, 0) is 60.0 Å². The molecule has 2 aliphatic heterocycles. The fourth-order valence-corrected chi connectivity index (χ4v) is 4.54. The molecule has 1 N–H and O–H groups in total. The second kappa shape index (κ2) is 6.58. The van der Waals surface area contributed by atoms with Crippen LogP contribution in [0.1, 0.15) is 29.2 Å². The number of benzene rings is 1. The lowest BCUT2D eigenvalue weighted by Gasteiger charge is -2.37. The molecule has 27 heavy (non-hydrogen) atoms. The van der Waals surface area contributed by atoms with Crippen LogP contribution in [0, 0.1) is 5.92 Å². The lowest BCUT2D eigenvalue weighted by molar-refractivity contribution is 0.254. The number of aromatic nitrogens is 3. The summed E-state index contributed by atoms with van der Waals surface area (Å²) >= 11 is 0. The van der Waals surface area contributed by atoms with Crippen molar-refractivity contribution in [2.75, 3.05) is 20.1 Å². The zero-order valence-electron chi connectivity index (χ0n) is 15.4. The highest BCUT2D eigenvalue weighted by Gasteiger charge is 2.31. The molecule has 1 saturated heterocycles. The first-order valence-electron chi connectivity index (χ1n) is 9.50. The van der Waals surface area contributed by atoms with E-state index in [2.05, 4.69) is 26.6 Å². The summed E-state index contributed by atoms with van der Waals surface area (Å²) in [6.07, 6.45) is 1.20. The van der Waals surface area contributed by atoms with Gasteiger partial charge >= 0.3 is 0 Å². The van der Waals surface area contributed by atoms with Crippen molar-refractivity contribution in [2.24, 2.45) is 5.92 Å². The minimum atomic E-state index is 0.173. The van der Waals surface area contributed by atoms with Crippen LogP contribution in [-0.2, 0) is 19.6 Å². The van der Waals surface area contributed by atoms with Gasteiger partial charge in [-0.25, -0.2) is 4.63 Å². The van der Waals surface area contributed by atoms with Gasteiger partial charge in [-0.1, -0.05) is 12.1 Å². The summed E-state index contributed by atoms with van der Waals surface area (Å²) in [5.74, 6) is 1.05. The third-order valence-electron chi connectivity index (χ3n) is 5.80. The molecule has 2 atom stereocenters. The summed E-state index contributed by atoms with van der Waals surface area (Å²) < 4.78 is 6.78. The summed E-state index contributed by atoms with van der Waals surface area (Å²) in [5, 5.41) is 11.2. The predicted octanol–water partition coefficient (Wildman–Crippen LogP) is 1.72. The molecule has 2 bridgehead atoms. The van der Waals surface area contributed by atoms with Crippen LogP contribution in [0.2, 0.25) is 0 Å². The molecular formula is C20H23N5O2. The average Bonchev–Trinajstić information content (AvgIpc) is 3.12. The van der Waals surface area contributed by atoms with Crippen LogP contribution in [-0.4, -0.2) is 39.9 Å². The van der Waals surface area contributed by atoms with Crippen molar-refractivity contribution in [3.05, 3.63) is 57.5 Å². The number of pyridine rings is 1. The fraction of sp³-hybridized carbons (Fsp3) is 0.450. The lowest BCUT2D eigenvalue weighted by Crippen LogP contribution is -2.45. The molecule has 1 aromatic carbocycles. The summed E-state index contributed by atoms with van der Waals surface area (Å²) in [6, 6.07) is 10.1. The van der Waals surface area contributed by atoms with Gasteiger partial charge in [0.2, 0.25) is 0 Å². The smallest absolute Gasteiger partial charge is 0.255 e. The van der Waals surface area contributed by atoms with E-state index in [-0.39, 0.29) is 5.56 Å². The van der Waals surface area contributed by atoms with E-state index in [0.29, 0.717) is 18.4 Å². The Kier molecular flexibility index (Phi) is 4.06. The van der Waals surface area contributed by atoms with E-state index in [0.717, 1.165) is 48.3 Å². The van der Waals surface area contributed by atoms with E-state index in [9.17, 15) is 4.79 Å². The lowest BCUT2D eigenvalue weighted by atomic mass is 9.84. The molecule has 0 saturated carbocycles. The zero-order chi connectivity index (χ0) is 18.4. The molecule has 4 heterocycles. The van der Waals surface area contributed by atoms with Gasteiger partial charge in [0.15, 0.2) is 0 Å². The number of hydrogen-bond donors (Lipinski definition) is 1. The van der Waals surface area contributed by atoms with Crippen LogP contribution < -0.4 is 10.9 Å². The molecule has 2 aromatic heterocycles. The summed E-state index contributed by atoms with van der Waals surface area (Å²) in [6.45, 7) is 4.20. The van der Waals surface area contributed by atoms with E-state index in [1.807, 2.05) is 35.9 Å². The van der Waals surface area contributed by atoms with Gasteiger partial charge in [-0.3, -0.25) is 9.69 Å². The van der Waals surface area contributed by atoms with E-state index in [4.69, 9.17) is 4.63 Å². The van der Waals surface area contributed by atoms with E-state index in [1.54, 1.807) is 0 Å². The Hall–Kier alpha value is -2.51. The Bertz CT molecular complexity index is 1040. The summed E-state index contributed by atoms with van der Waals surface area (Å²) in [7, 11) is 2.04. The van der Waals surface area contributed by atoms with Crippen molar-refractivity contribution in [1.29, 1.82) is 0 Å².